The highest BCUT2D eigenvalue weighted by atomic mass is 32.2. The van der Waals surface area contributed by atoms with Crippen LogP contribution in [0.1, 0.15) is 30.4 Å². The largest absolute Gasteiger partial charge is 0.249 e. The molecule has 2 aromatic rings. The zero-order valence-corrected chi connectivity index (χ0v) is 15.4. The molecule has 0 amide bonds. The Morgan fingerprint density at radius 2 is 1.46 bits per heavy atom. The second-order valence-electron chi connectivity index (χ2n) is 6.63. The fourth-order valence-electron chi connectivity index (χ4n) is 2.96. The zero-order chi connectivity index (χ0) is 20.8. The Bertz CT molecular complexity index is 1010. The smallest absolute Gasteiger partial charge is 0.207 e. The average molecular weight is 423 g/mol. The summed E-state index contributed by atoms with van der Waals surface area (Å²) in [6, 6.07) is 3.24. The van der Waals surface area contributed by atoms with Crippen molar-refractivity contribution in [2.45, 2.75) is 43.7 Å². The van der Waals surface area contributed by atoms with Gasteiger partial charge in [-0.1, -0.05) is 18.6 Å². The number of hydrogen-bond donors (Lipinski definition) is 0. The maximum absolute atomic E-state index is 14.2. The Labute approximate surface area is 157 Å². The molecule has 3 nitrogen and oxygen atoms in total. The van der Waals surface area contributed by atoms with Gasteiger partial charge < -0.3 is 0 Å². The Morgan fingerprint density at radius 3 is 1.93 bits per heavy atom. The first-order valence-corrected chi connectivity index (χ1v) is 9.78. The summed E-state index contributed by atoms with van der Waals surface area (Å²) in [4.78, 5) is -1.93. The Balaban J connectivity index is 2.13. The summed E-state index contributed by atoms with van der Waals surface area (Å²) in [5, 5.41) is 0. The molecule has 28 heavy (non-hydrogen) atoms. The predicted octanol–water partition coefficient (Wildman–Crippen LogP) is 4.57. The van der Waals surface area contributed by atoms with Crippen molar-refractivity contribution in [2.24, 2.45) is 0 Å². The van der Waals surface area contributed by atoms with Gasteiger partial charge in [-0.3, -0.25) is 0 Å². The van der Waals surface area contributed by atoms with E-state index in [0.29, 0.717) is 29.1 Å². The minimum Gasteiger partial charge on any atom is -0.207 e. The third kappa shape index (κ3) is 3.39. The van der Waals surface area contributed by atoms with Crippen molar-refractivity contribution >= 4 is 10.0 Å². The van der Waals surface area contributed by atoms with E-state index in [4.69, 9.17) is 0 Å². The Kier molecular flexibility index (Phi) is 5.46. The molecule has 0 radical (unpaired) electrons. The van der Waals surface area contributed by atoms with E-state index in [0.717, 1.165) is 6.07 Å². The number of sulfonamides is 1. The quantitative estimate of drug-likeness (QED) is 0.401. The van der Waals surface area contributed by atoms with Crippen LogP contribution in [0, 0.1) is 41.8 Å². The molecule has 0 N–H and O–H groups in total. The van der Waals surface area contributed by atoms with Gasteiger partial charge in [0.05, 0.1) is 0 Å². The molecule has 0 bridgehead atoms. The van der Waals surface area contributed by atoms with Crippen LogP contribution in [0.2, 0.25) is 0 Å². The second kappa shape index (κ2) is 7.40. The lowest BCUT2D eigenvalue weighted by Gasteiger charge is -2.36. The predicted molar refractivity (Wildman–Crippen MR) is 87.7 cm³/mol. The topological polar surface area (TPSA) is 37.4 Å². The van der Waals surface area contributed by atoms with Crippen molar-refractivity contribution in [3.8, 4) is 0 Å². The van der Waals surface area contributed by atoms with Gasteiger partial charge in [0.1, 0.15) is 5.82 Å². The lowest BCUT2D eigenvalue weighted by molar-refractivity contribution is 0.210. The molecule has 1 aliphatic carbocycles. The van der Waals surface area contributed by atoms with E-state index in [9.17, 15) is 34.8 Å². The van der Waals surface area contributed by atoms with Crippen molar-refractivity contribution < 1.29 is 34.8 Å². The molecule has 0 spiro atoms. The van der Waals surface area contributed by atoms with Crippen molar-refractivity contribution in [3.05, 3.63) is 64.2 Å². The van der Waals surface area contributed by atoms with E-state index in [2.05, 4.69) is 0 Å². The van der Waals surface area contributed by atoms with Crippen molar-refractivity contribution in [3.63, 3.8) is 0 Å². The van der Waals surface area contributed by atoms with Crippen LogP contribution in [0.5, 0.6) is 0 Å². The molecule has 1 saturated carbocycles. The summed E-state index contributed by atoms with van der Waals surface area (Å²) < 4.78 is 109. The number of nitrogens with zero attached hydrogens (tertiary/aromatic N) is 1. The summed E-state index contributed by atoms with van der Waals surface area (Å²) in [6.45, 7) is 1.01. The first kappa shape index (κ1) is 20.7. The number of rotatable bonds is 5. The monoisotopic (exact) mass is 423 g/mol. The summed E-state index contributed by atoms with van der Waals surface area (Å²) in [5.74, 6) is -12.8. The van der Waals surface area contributed by atoms with Gasteiger partial charge in [0, 0.05) is 18.2 Å². The van der Waals surface area contributed by atoms with Crippen molar-refractivity contribution in [1.82, 2.24) is 4.31 Å². The second-order valence-corrected chi connectivity index (χ2v) is 8.46. The average Bonchev–Trinajstić information content (AvgIpc) is 2.58. The standard InChI is InChI=1S/C18H15F6NO2S/c1-9-5-6-10(12(19)7-9)8-25(11-3-2-4-11)28(26,27)18-16(23)14(21)13(20)15(22)17(18)24/h5-7,11H,2-4,8H2,1H3. The van der Waals surface area contributed by atoms with Gasteiger partial charge in [-0.2, -0.15) is 4.31 Å². The maximum Gasteiger partial charge on any atom is 0.249 e. The van der Waals surface area contributed by atoms with Crippen LogP contribution >= 0.6 is 0 Å². The number of benzene rings is 2. The molecule has 0 aromatic heterocycles. The molecule has 0 aliphatic heterocycles. The first-order valence-electron chi connectivity index (χ1n) is 8.34. The molecule has 0 unspecified atom stereocenters. The third-order valence-corrected chi connectivity index (χ3v) is 6.67. The van der Waals surface area contributed by atoms with Crippen LogP contribution < -0.4 is 0 Å². The lowest BCUT2D eigenvalue weighted by atomic mass is 9.93. The minimum atomic E-state index is -5.14. The zero-order valence-electron chi connectivity index (χ0n) is 14.6. The SMILES string of the molecule is Cc1ccc(CN(C2CCC2)S(=O)(=O)c2c(F)c(F)c(F)c(F)c2F)c(F)c1. The molecule has 10 heteroatoms. The van der Waals surface area contributed by atoms with Gasteiger partial charge in [-0.15, -0.1) is 0 Å². The number of hydrogen-bond acceptors (Lipinski definition) is 2. The van der Waals surface area contributed by atoms with E-state index in [-0.39, 0.29) is 5.56 Å². The van der Waals surface area contributed by atoms with Crippen LogP contribution in [0.15, 0.2) is 23.1 Å². The third-order valence-electron chi connectivity index (χ3n) is 4.75. The molecule has 1 fully saturated rings. The minimum absolute atomic E-state index is 0.0788. The van der Waals surface area contributed by atoms with E-state index in [1.165, 1.54) is 12.1 Å². The summed E-state index contributed by atoms with van der Waals surface area (Å²) in [7, 11) is -5.14. The molecule has 0 atom stereocenters. The highest BCUT2D eigenvalue weighted by molar-refractivity contribution is 7.89. The molecular weight excluding hydrogens is 408 g/mol. The fourth-order valence-corrected chi connectivity index (χ4v) is 4.74. The number of halogens is 6. The normalized spacial score (nSPS) is 15.1. The van der Waals surface area contributed by atoms with Gasteiger partial charge in [-0.05, 0) is 31.4 Å². The Morgan fingerprint density at radius 1 is 0.929 bits per heavy atom. The van der Waals surface area contributed by atoms with Crippen LogP contribution in [0.25, 0.3) is 0 Å². The maximum atomic E-state index is 14.2. The summed E-state index contributed by atoms with van der Waals surface area (Å²) in [5.41, 5.74) is 0.490. The highest BCUT2D eigenvalue weighted by Crippen LogP contribution is 2.35. The van der Waals surface area contributed by atoms with Crippen LogP contribution in [0.4, 0.5) is 26.3 Å². The fraction of sp³-hybridized carbons (Fsp3) is 0.333. The first-order chi connectivity index (χ1) is 13.1. The van der Waals surface area contributed by atoms with E-state index in [1.807, 2.05) is 0 Å². The molecule has 0 saturated heterocycles. The van der Waals surface area contributed by atoms with Crippen molar-refractivity contribution in [2.75, 3.05) is 0 Å². The summed E-state index contributed by atoms with van der Waals surface area (Å²) >= 11 is 0. The van der Waals surface area contributed by atoms with Gasteiger partial charge in [0.15, 0.2) is 28.2 Å². The van der Waals surface area contributed by atoms with Crippen molar-refractivity contribution in [1.29, 1.82) is 0 Å². The van der Waals surface area contributed by atoms with Gasteiger partial charge >= 0.3 is 0 Å². The van der Waals surface area contributed by atoms with Crippen LogP contribution in [-0.2, 0) is 16.6 Å². The molecule has 152 valence electrons. The van der Waals surface area contributed by atoms with Gasteiger partial charge in [0.25, 0.3) is 0 Å². The van der Waals surface area contributed by atoms with Gasteiger partial charge in [-0.25, -0.2) is 34.8 Å². The van der Waals surface area contributed by atoms with E-state index < -0.39 is 62.4 Å². The highest BCUT2D eigenvalue weighted by Gasteiger charge is 2.41. The van der Waals surface area contributed by atoms with Crippen LogP contribution in [-0.4, -0.2) is 18.8 Å². The molecule has 1 aliphatic rings. The molecule has 3 rings (SSSR count). The Hall–Kier alpha value is -2.07. The molecular formula is C18H15F6NO2S. The summed E-state index contributed by atoms with van der Waals surface area (Å²) in [6.07, 6.45) is 1.26. The van der Waals surface area contributed by atoms with E-state index in [1.54, 1.807) is 6.92 Å². The molecule has 2 aromatic carbocycles. The lowest BCUT2D eigenvalue weighted by Crippen LogP contribution is -2.44. The van der Waals surface area contributed by atoms with E-state index >= 15 is 0 Å². The number of aryl methyl sites for hydroxylation is 1. The molecule has 0 heterocycles. The van der Waals surface area contributed by atoms with Crippen LogP contribution in [0.3, 0.4) is 0 Å². The van der Waals surface area contributed by atoms with Gasteiger partial charge in [0.2, 0.25) is 15.8 Å².